The van der Waals surface area contributed by atoms with Crippen LogP contribution >= 0.6 is 38.5 Å². The lowest BCUT2D eigenvalue weighted by molar-refractivity contribution is 0.759. The lowest BCUT2D eigenvalue weighted by Crippen LogP contribution is -2.04. The first-order valence-corrected chi connectivity index (χ1v) is 7.03. The van der Waals surface area contributed by atoms with Crippen molar-refractivity contribution in [3.63, 3.8) is 0 Å². The van der Waals surface area contributed by atoms with E-state index >= 15 is 0 Å². The molecule has 0 radical (unpaired) electrons. The lowest BCUT2D eigenvalue weighted by Gasteiger charge is -2.02. The smallest absolute Gasteiger partial charge is 0.155 e. The van der Waals surface area contributed by atoms with E-state index in [0.29, 0.717) is 11.7 Å². The predicted molar refractivity (Wildman–Crippen MR) is 80.3 cm³/mol. The van der Waals surface area contributed by atoms with Crippen LogP contribution in [0.2, 0.25) is 0 Å². The average Bonchev–Trinajstić information content (AvgIpc) is 2.58. The van der Waals surface area contributed by atoms with Crippen LogP contribution in [0.3, 0.4) is 0 Å². The average molecular weight is 407 g/mol. The number of aromatic nitrogens is 3. The molecule has 2 N–H and O–H groups in total. The van der Waals surface area contributed by atoms with E-state index in [1.54, 1.807) is 10.9 Å². The minimum absolute atomic E-state index is 0.348. The molecule has 0 fully saturated rings. The van der Waals surface area contributed by atoms with Crippen molar-refractivity contribution in [1.82, 2.24) is 14.8 Å². The molecule has 2 aromatic heterocycles. The van der Waals surface area contributed by atoms with Gasteiger partial charge in [0.25, 0.3) is 0 Å². The Balaban J connectivity index is 2.53. The highest BCUT2D eigenvalue weighted by Gasteiger charge is 2.17. The number of nitrogen functional groups attached to an aromatic ring is 1. The second-order valence-electron chi connectivity index (χ2n) is 3.99. The second-order valence-corrected chi connectivity index (χ2v) is 5.98. The van der Waals surface area contributed by atoms with Gasteiger partial charge in [0, 0.05) is 10.7 Å². The van der Waals surface area contributed by atoms with E-state index in [0.717, 1.165) is 19.6 Å². The van der Waals surface area contributed by atoms with Crippen LogP contribution in [0.15, 0.2) is 22.8 Å². The molecule has 0 saturated heterocycles. The van der Waals surface area contributed by atoms with Gasteiger partial charge in [-0.25, -0.2) is 4.98 Å². The van der Waals surface area contributed by atoms with Gasteiger partial charge >= 0.3 is 0 Å². The third-order valence-electron chi connectivity index (χ3n) is 2.36. The fourth-order valence-electron chi connectivity index (χ4n) is 1.47. The summed E-state index contributed by atoms with van der Waals surface area (Å²) in [5.41, 5.74) is 7.06. The highest BCUT2D eigenvalue weighted by molar-refractivity contribution is 14.1. The van der Waals surface area contributed by atoms with Crippen molar-refractivity contribution in [2.24, 2.45) is 0 Å². The van der Waals surface area contributed by atoms with Gasteiger partial charge in [0.1, 0.15) is 5.82 Å². The van der Waals surface area contributed by atoms with E-state index in [4.69, 9.17) is 5.73 Å². The molecule has 0 aromatic carbocycles. The molecule has 0 atom stereocenters. The van der Waals surface area contributed by atoms with E-state index in [9.17, 15) is 0 Å². The summed E-state index contributed by atoms with van der Waals surface area (Å²) in [6.45, 7) is 4.20. The minimum Gasteiger partial charge on any atom is -0.383 e. The SMILES string of the molecule is CC(C)c1nn(-c2ccc(Br)cn2)c(N)c1I. The van der Waals surface area contributed by atoms with Gasteiger partial charge in [0.15, 0.2) is 5.82 Å². The number of hydrogen-bond donors (Lipinski definition) is 1. The summed E-state index contributed by atoms with van der Waals surface area (Å²) in [4.78, 5) is 4.29. The Labute approximate surface area is 122 Å². The Kier molecular flexibility index (Phi) is 3.72. The van der Waals surface area contributed by atoms with Crippen molar-refractivity contribution in [2.45, 2.75) is 19.8 Å². The van der Waals surface area contributed by atoms with Gasteiger partial charge in [0.05, 0.1) is 9.26 Å². The maximum Gasteiger partial charge on any atom is 0.155 e. The largest absolute Gasteiger partial charge is 0.383 e. The van der Waals surface area contributed by atoms with Crippen molar-refractivity contribution in [2.75, 3.05) is 5.73 Å². The molecule has 0 unspecified atom stereocenters. The topological polar surface area (TPSA) is 56.7 Å². The van der Waals surface area contributed by atoms with Gasteiger partial charge in [-0.3, -0.25) is 0 Å². The van der Waals surface area contributed by atoms with Gasteiger partial charge in [-0.2, -0.15) is 9.78 Å². The molecule has 6 heteroatoms. The number of nitrogens with two attached hydrogens (primary N) is 1. The van der Waals surface area contributed by atoms with Crippen LogP contribution in [-0.4, -0.2) is 14.8 Å². The van der Waals surface area contributed by atoms with Crippen LogP contribution in [0.4, 0.5) is 5.82 Å². The Morgan fingerprint density at radius 1 is 1.41 bits per heavy atom. The van der Waals surface area contributed by atoms with E-state index in [-0.39, 0.29) is 0 Å². The van der Waals surface area contributed by atoms with E-state index < -0.39 is 0 Å². The van der Waals surface area contributed by atoms with E-state index in [2.05, 4.69) is 62.5 Å². The van der Waals surface area contributed by atoms with E-state index in [1.165, 1.54) is 0 Å². The summed E-state index contributed by atoms with van der Waals surface area (Å²) >= 11 is 5.58. The van der Waals surface area contributed by atoms with Crippen molar-refractivity contribution in [3.8, 4) is 5.82 Å². The van der Waals surface area contributed by atoms with Crippen LogP contribution in [0.5, 0.6) is 0 Å². The molecule has 0 amide bonds. The van der Waals surface area contributed by atoms with Crippen LogP contribution in [0.25, 0.3) is 5.82 Å². The Morgan fingerprint density at radius 3 is 2.59 bits per heavy atom. The fourth-order valence-corrected chi connectivity index (χ4v) is 2.66. The maximum atomic E-state index is 6.05. The Bertz CT molecular complexity index is 533. The molecule has 2 aromatic rings. The summed E-state index contributed by atoms with van der Waals surface area (Å²) in [6, 6.07) is 3.80. The van der Waals surface area contributed by atoms with Crippen LogP contribution in [0, 0.1) is 3.57 Å². The maximum absolute atomic E-state index is 6.05. The van der Waals surface area contributed by atoms with Crippen molar-refractivity contribution < 1.29 is 0 Å². The third kappa shape index (κ3) is 2.47. The summed E-state index contributed by atoms with van der Waals surface area (Å²) in [5, 5.41) is 4.52. The highest BCUT2D eigenvalue weighted by atomic mass is 127. The van der Waals surface area contributed by atoms with Gasteiger partial charge in [-0.05, 0) is 56.6 Å². The molecule has 90 valence electrons. The monoisotopic (exact) mass is 406 g/mol. The standard InChI is InChI=1S/C11H12BrIN4/c1-6(2)10-9(13)11(14)17(16-10)8-4-3-7(12)5-15-8/h3-6H,14H2,1-2H3. The first-order chi connectivity index (χ1) is 8.00. The summed E-state index contributed by atoms with van der Waals surface area (Å²) in [5.74, 6) is 1.72. The molecule has 0 spiro atoms. The van der Waals surface area contributed by atoms with Crippen molar-refractivity contribution in [3.05, 3.63) is 32.1 Å². The van der Waals surface area contributed by atoms with Gasteiger partial charge in [0.2, 0.25) is 0 Å². The molecule has 2 rings (SSSR count). The predicted octanol–water partition coefficient (Wildman–Crippen LogP) is 3.34. The first-order valence-electron chi connectivity index (χ1n) is 5.16. The highest BCUT2D eigenvalue weighted by Crippen LogP contribution is 2.27. The molecule has 17 heavy (non-hydrogen) atoms. The van der Waals surface area contributed by atoms with Crippen LogP contribution < -0.4 is 5.73 Å². The third-order valence-corrected chi connectivity index (χ3v) is 3.94. The molecular weight excluding hydrogens is 395 g/mol. The number of halogens is 2. The molecule has 0 aliphatic carbocycles. The summed E-state index contributed by atoms with van der Waals surface area (Å²) in [6.07, 6.45) is 1.73. The number of hydrogen-bond acceptors (Lipinski definition) is 3. The van der Waals surface area contributed by atoms with E-state index in [1.807, 2.05) is 12.1 Å². The molecule has 4 nitrogen and oxygen atoms in total. The number of rotatable bonds is 2. The lowest BCUT2D eigenvalue weighted by atomic mass is 10.1. The van der Waals surface area contributed by atoms with Gasteiger partial charge < -0.3 is 5.73 Å². The van der Waals surface area contributed by atoms with Crippen LogP contribution in [-0.2, 0) is 0 Å². The number of nitrogens with zero attached hydrogens (tertiary/aromatic N) is 3. The quantitative estimate of drug-likeness (QED) is 0.778. The Morgan fingerprint density at radius 2 is 2.12 bits per heavy atom. The molecule has 2 heterocycles. The molecule has 0 saturated carbocycles. The van der Waals surface area contributed by atoms with Crippen molar-refractivity contribution >= 4 is 44.3 Å². The zero-order valence-corrected chi connectivity index (χ0v) is 13.2. The summed E-state index contributed by atoms with van der Waals surface area (Å²) in [7, 11) is 0. The molecular formula is C11H12BrIN4. The minimum atomic E-state index is 0.348. The summed E-state index contributed by atoms with van der Waals surface area (Å²) < 4.78 is 3.62. The molecule has 0 aliphatic rings. The first kappa shape index (κ1) is 12.8. The van der Waals surface area contributed by atoms with Crippen molar-refractivity contribution in [1.29, 1.82) is 0 Å². The fraction of sp³-hybridized carbons (Fsp3) is 0.273. The second kappa shape index (κ2) is 4.93. The number of pyridine rings is 1. The number of anilines is 1. The van der Waals surface area contributed by atoms with Gasteiger partial charge in [-0.15, -0.1) is 0 Å². The van der Waals surface area contributed by atoms with Gasteiger partial charge in [-0.1, -0.05) is 13.8 Å². The zero-order valence-electron chi connectivity index (χ0n) is 9.48. The molecule has 0 aliphatic heterocycles. The van der Waals surface area contributed by atoms with Crippen LogP contribution in [0.1, 0.15) is 25.5 Å². The molecule has 0 bridgehead atoms. The zero-order chi connectivity index (χ0) is 12.6. The normalized spacial score (nSPS) is 11.1. The Hall–Kier alpha value is -0.630.